The number of amides is 1. The summed E-state index contributed by atoms with van der Waals surface area (Å²) in [7, 11) is 0. The summed E-state index contributed by atoms with van der Waals surface area (Å²) >= 11 is 0. The summed E-state index contributed by atoms with van der Waals surface area (Å²) < 4.78 is 13.3. The quantitative estimate of drug-likeness (QED) is 0.440. The Morgan fingerprint density at radius 3 is 2.47 bits per heavy atom. The van der Waals surface area contributed by atoms with Crippen LogP contribution in [0.25, 0.3) is 17.1 Å². The highest BCUT2D eigenvalue weighted by Gasteiger charge is 2.20. The molecule has 1 aliphatic heterocycles. The van der Waals surface area contributed by atoms with Gasteiger partial charge in [-0.15, -0.1) is 10.2 Å². The lowest BCUT2D eigenvalue weighted by Crippen LogP contribution is -2.16. The molecule has 0 bridgehead atoms. The maximum atomic E-state index is 13.1. The van der Waals surface area contributed by atoms with Crippen LogP contribution in [0.3, 0.4) is 0 Å². The molecule has 0 spiro atoms. The second-order valence-electron chi connectivity index (χ2n) is 7.96. The molecule has 4 aromatic rings. The molecule has 1 aliphatic rings. The third-order valence-corrected chi connectivity index (χ3v) is 5.68. The van der Waals surface area contributed by atoms with Gasteiger partial charge in [0, 0.05) is 39.8 Å². The second kappa shape index (κ2) is 8.47. The normalized spacial score (nSPS) is 12.5. The molecule has 0 aliphatic carbocycles. The van der Waals surface area contributed by atoms with Gasteiger partial charge in [-0.2, -0.15) is 4.80 Å². The third kappa shape index (κ3) is 3.90. The highest BCUT2D eigenvalue weighted by Crippen LogP contribution is 2.33. The molecule has 3 heterocycles. The molecule has 0 fully saturated rings. The zero-order chi connectivity index (χ0) is 23.8. The Balaban J connectivity index is 1.37. The van der Waals surface area contributed by atoms with Crippen LogP contribution in [0.1, 0.15) is 32.1 Å². The molecule has 2 aromatic heterocycles. The Morgan fingerprint density at radius 1 is 1.00 bits per heavy atom. The summed E-state index contributed by atoms with van der Waals surface area (Å²) in [4.78, 5) is 25.6. The van der Waals surface area contributed by atoms with E-state index >= 15 is 0 Å². The Labute approximate surface area is 194 Å². The molecular formula is C24H22N6O4. The molecule has 34 heavy (non-hydrogen) atoms. The molecule has 0 saturated carbocycles. The molecule has 2 N–H and O–H groups in total. The van der Waals surface area contributed by atoms with Crippen LogP contribution in [-0.2, 0) is 6.54 Å². The number of tetrazole rings is 1. The zero-order valence-corrected chi connectivity index (χ0v) is 18.7. The number of aromatic nitrogens is 5. The van der Waals surface area contributed by atoms with E-state index in [4.69, 9.17) is 15.2 Å². The van der Waals surface area contributed by atoms with Crippen LogP contribution in [0.5, 0.6) is 11.5 Å². The lowest BCUT2D eigenvalue weighted by molar-refractivity contribution is 0.0959. The number of hydrogen-bond donors (Lipinski definition) is 1. The molecule has 0 unspecified atom stereocenters. The Morgan fingerprint density at radius 2 is 1.74 bits per heavy atom. The van der Waals surface area contributed by atoms with Gasteiger partial charge in [0.15, 0.2) is 17.3 Å². The Kier molecular flexibility index (Phi) is 5.33. The molecule has 10 heteroatoms. The van der Waals surface area contributed by atoms with E-state index in [1.165, 1.54) is 4.80 Å². The topological polar surface area (TPSA) is 127 Å². The van der Waals surface area contributed by atoms with Crippen LogP contribution >= 0.6 is 0 Å². The van der Waals surface area contributed by atoms with Gasteiger partial charge < -0.3 is 19.8 Å². The van der Waals surface area contributed by atoms with Crippen LogP contribution in [0.15, 0.2) is 48.5 Å². The van der Waals surface area contributed by atoms with E-state index < -0.39 is 5.91 Å². The lowest BCUT2D eigenvalue weighted by Gasteiger charge is -2.20. The monoisotopic (exact) mass is 458 g/mol. The molecular weight excluding hydrogens is 436 g/mol. The number of benzene rings is 2. The fourth-order valence-corrected chi connectivity index (χ4v) is 4.04. The van der Waals surface area contributed by atoms with E-state index in [9.17, 15) is 9.59 Å². The molecule has 10 nitrogen and oxygen atoms in total. The minimum absolute atomic E-state index is 0.0577. The largest absolute Gasteiger partial charge is 0.486 e. The van der Waals surface area contributed by atoms with Gasteiger partial charge in [-0.25, -0.2) is 0 Å². The molecule has 0 saturated heterocycles. The van der Waals surface area contributed by atoms with Gasteiger partial charge in [0.1, 0.15) is 19.8 Å². The van der Waals surface area contributed by atoms with Gasteiger partial charge in [0.05, 0.1) is 0 Å². The van der Waals surface area contributed by atoms with Gasteiger partial charge in [0.2, 0.25) is 11.7 Å². The first-order chi connectivity index (χ1) is 16.4. The maximum absolute atomic E-state index is 13.1. The van der Waals surface area contributed by atoms with Crippen molar-refractivity contribution in [2.24, 2.45) is 5.73 Å². The summed E-state index contributed by atoms with van der Waals surface area (Å²) in [6, 6.07) is 14.1. The first-order valence-corrected chi connectivity index (χ1v) is 10.7. The summed E-state index contributed by atoms with van der Waals surface area (Å²) in [5.41, 5.74) is 9.52. The highest BCUT2D eigenvalue weighted by atomic mass is 16.6. The molecule has 172 valence electrons. The van der Waals surface area contributed by atoms with Crippen molar-refractivity contribution in [3.63, 3.8) is 0 Å². The third-order valence-electron chi connectivity index (χ3n) is 5.68. The molecule has 2 aromatic carbocycles. The minimum Gasteiger partial charge on any atom is -0.486 e. The van der Waals surface area contributed by atoms with Crippen LogP contribution < -0.4 is 15.2 Å². The van der Waals surface area contributed by atoms with E-state index in [0.29, 0.717) is 47.2 Å². The average Bonchev–Trinajstić information content (AvgIpc) is 3.42. The van der Waals surface area contributed by atoms with Crippen molar-refractivity contribution in [3.8, 4) is 28.6 Å². The van der Waals surface area contributed by atoms with E-state index in [0.717, 1.165) is 17.1 Å². The highest BCUT2D eigenvalue weighted by molar-refractivity contribution is 5.97. The van der Waals surface area contributed by atoms with Crippen molar-refractivity contribution in [2.75, 3.05) is 13.2 Å². The number of aryl methyl sites for hydroxylation is 1. The van der Waals surface area contributed by atoms with Crippen molar-refractivity contribution in [1.82, 2.24) is 24.8 Å². The molecule has 5 rings (SSSR count). The number of ketones is 1. The number of nitrogens with zero attached hydrogens (tertiary/aromatic N) is 5. The average molecular weight is 458 g/mol. The summed E-state index contributed by atoms with van der Waals surface area (Å²) in [6.07, 6.45) is 0. The fraction of sp³-hybridized carbons (Fsp3) is 0.208. The number of nitrogens with two attached hydrogens (primary N) is 1. The van der Waals surface area contributed by atoms with Crippen LogP contribution in [0.4, 0.5) is 0 Å². The number of hydrogen-bond acceptors (Lipinski definition) is 7. The van der Waals surface area contributed by atoms with Crippen molar-refractivity contribution in [1.29, 1.82) is 0 Å². The lowest BCUT2D eigenvalue weighted by atomic mass is 10.1. The minimum atomic E-state index is -0.511. The van der Waals surface area contributed by atoms with Crippen LogP contribution in [0, 0.1) is 13.8 Å². The smallest absolute Gasteiger partial charge is 0.248 e. The second-order valence-corrected chi connectivity index (χ2v) is 7.96. The standard InChI is InChI=1S/C24H22N6O4/c1-14-11-19(15(2)30(14)18-7-8-21-22(12-18)34-10-9-33-21)20(31)13-29-27-24(26-28-29)17-5-3-16(4-6-17)23(25)32/h3-8,11-12H,9-10,13H2,1-2H3,(H2,25,32). The van der Waals surface area contributed by atoms with Gasteiger partial charge in [-0.1, -0.05) is 12.1 Å². The number of Topliss-reactive ketones (excluding diaryl/α,β-unsaturated/α-hetero) is 1. The van der Waals surface area contributed by atoms with E-state index in [1.807, 2.05) is 42.7 Å². The number of carbonyl (C=O) groups excluding carboxylic acids is 2. The van der Waals surface area contributed by atoms with Gasteiger partial charge >= 0.3 is 0 Å². The fourth-order valence-electron chi connectivity index (χ4n) is 4.04. The van der Waals surface area contributed by atoms with Crippen molar-refractivity contribution in [3.05, 3.63) is 71.0 Å². The number of carbonyl (C=O) groups is 2. The number of fused-ring (bicyclic) bond motifs is 1. The number of ether oxygens (including phenoxy) is 2. The first-order valence-electron chi connectivity index (χ1n) is 10.7. The molecule has 0 atom stereocenters. The summed E-state index contributed by atoms with van der Waals surface area (Å²) in [6.45, 7) is 4.83. The molecule has 1 amide bonds. The first kappa shape index (κ1) is 21.4. The Bertz CT molecular complexity index is 1400. The molecule has 0 radical (unpaired) electrons. The predicted molar refractivity (Wildman–Crippen MR) is 122 cm³/mol. The predicted octanol–water partition coefficient (Wildman–Crippen LogP) is 2.50. The zero-order valence-electron chi connectivity index (χ0n) is 18.7. The number of rotatable bonds is 6. The van der Waals surface area contributed by atoms with E-state index in [2.05, 4.69) is 15.4 Å². The van der Waals surface area contributed by atoms with Crippen molar-refractivity contribution < 1.29 is 19.1 Å². The summed E-state index contributed by atoms with van der Waals surface area (Å²) in [5, 5.41) is 12.3. The van der Waals surface area contributed by atoms with Gasteiger partial charge in [0.25, 0.3) is 0 Å². The SMILES string of the molecule is Cc1cc(C(=O)Cn2nnc(-c3ccc(C(N)=O)cc3)n2)c(C)n1-c1ccc2c(c1)OCCO2. The van der Waals surface area contributed by atoms with Gasteiger partial charge in [-0.3, -0.25) is 9.59 Å². The van der Waals surface area contributed by atoms with Crippen LogP contribution in [-0.4, -0.2) is 49.7 Å². The maximum Gasteiger partial charge on any atom is 0.248 e. The Hall–Kier alpha value is -4.47. The summed E-state index contributed by atoms with van der Waals surface area (Å²) in [5.74, 6) is 1.11. The number of primary amides is 1. The van der Waals surface area contributed by atoms with Gasteiger partial charge in [-0.05, 0) is 49.4 Å². The van der Waals surface area contributed by atoms with Crippen LogP contribution in [0.2, 0.25) is 0 Å². The van der Waals surface area contributed by atoms with Crippen molar-refractivity contribution in [2.45, 2.75) is 20.4 Å². The van der Waals surface area contributed by atoms with E-state index in [-0.39, 0.29) is 12.3 Å². The van der Waals surface area contributed by atoms with E-state index in [1.54, 1.807) is 24.3 Å². The van der Waals surface area contributed by atoms with Crippen molar-refractivity contribution >= 4 is 11.7 Å².